The summed E-state index contributed by atoms with van der Waals surface area (Å²) in [5.74, 6) is 0. The van der Waals surface area contributed by atoms with E-state index in [-0.39, 0.29) is 0 Å². The zero-order chi connectivity index (χ0) is 5.98. The number of likely N-dealkylation sites (N-methyl/N-ethyl adjacent to an activating group) is 2. The van der Waals surface area contributed by atoms with Crippen LogP contribution in [0.25, 0.3) is 0 Å². The standard InChI is InChI=1S/C5H13N3/c1-3-8-5-4-7(2)6-8/h6H,3-5H2,1-2H3. The first kappa shape index (κ1) is 6.01. The Hall–Kier alpha value is -0.120. The molecule has 1 rings (SSSR count). The van der Waals surface area contributed by atoms with Crippen molar-refractivity contribution in [1.29, 1.82) is 0 Å². The molecule has 0 atom stereocenters. The van der Waals surface area contributed by atoms with E-state index < -0.39 is 0 Å². The predicted octanol–water partition coefficient (Wildman–Crippen LogP) is -0.327. The van der Waals surface area contributed by atoms with Crippen LogP contribution < -0.4 is 5.53 Å². The molecular weight excluding hydrogens is 102 g/mol. The van der Waals surface area contributed by atoms with Gasteiger partial charge in [-0.1, -0.05) is 6.92 Å². The molecular formula is C5H13N3. The summed E-state index contributed by atoms with van der Waals surface area (Å²) >= 11 is 0. The van der Waals surface area contributed by atoms with Gasteiger partial charge in [0, 0.05) is 26.7 Å². The van der Waals surface area contributed by atoms with Crippen molar-refractivity contribution in [2.24, 2.45) is 0 Å². The summed E-state index contributed by atoms with van der Waals surface area (Å²) in [7, 11) is 2.05. The van der Waals surface area contributed by atoms with Crippen LogP contribution in [0.5, 0.6) is 0 Å². The van der Waals surface area contributed by atoms with Crippen LogP contribution in [0.3, 0.4) is 0 Å². The molecule has 0 aromatic carbocycles. The second-order valence-corrected chi connectivity index (χ2v) is 2.10. The molecule has 1 heterocycles. The van der Waals surface area contributed by atoms with Gasteiger partial charge < -0.3 is 0 Å². The fourth-order valence-electron chi connectivity index (χ4n) is 0.841. The summed E-state index contributed by atoms with van der Waals surface area (Å²) in [6.07, 6.45) is 0. The van der Waals surface area contributed by atoms with Crippen LogP contribution in [0.15, 0.2) is 0 Å². The van der Waals surface area contributed by atoms with Gasteiger partial charge in [-0.3, -0.25) is 0 Å². The SMILES string of the molecule is CCN1CCN(C)N1. The molecule has 3 heteroatoms. The van der Waals surface area contributed by atoms with Crippen LogP contribution in [0.4, 0.5) is 0 Å². The van der Waals surface area contributed by atoms with Crippen molar-refractivity contribution in [2.75, 3.05) is 26.7 Å². The third-order valence-electron chi connectivity index (χ3n) is 1.40. The Morgan fingerprint density at radius 3 is 2.50 bits per heavy atom. The second kappa shape index (κ2) is 2.44. The number of hydrogen-bond donors (Lipinski definition) is 1. The van der Waals surface area contributed by atoms with Gasteiger partial charge in [0.2, 0.25) is 0 Å². The van der Waals surface area contributed by atoms with Crippen molar-refractivity contribution in [3.8, 4) is 0 Å². The Morgan fingerprint density at radius 2 is 2.25 bits per heavy atom. The molecule has 0 bridgehead atoms. The fraction of sp³-hybridized carbons (Fsp3) is 1.00. The first-order chi connectivity index (χ1) is 3.83. The molecule has 0 aliphatic carbocycles. The highest BCUT2D eigenvalue weighted by molar-refractivity contribution is 4.57. The van der Waals surface area contributed by atoms with Gasteiger partial charge in [0.25, 0.3) is 0 Å². The molecule has 1 N–H and O–H groups in total. The molecule has 1 saturated heterocycles. The third-order valence-corrected chi connectivity index (χ3v) is 1.40. The van der Waals surface area contributed by atoms with Gasteiger partial charge in [-0.2, -0.15) is 5.53 Å². The molecule has 0 unspecified atom stereocenters. The lowest BCUT2D eigenvalue weighted by Crippen LogP contribution is -2.36. The van der Waals surface area contributed by atoms with Crippen LogP contribution in [-0.4, -0.2) is 36.7 Å². The van der Waals surface area contributed by atoms with Gasteiger partial charge in [0.05, 0.1) is 0 Å². The Kier molecular flexibility index (Phi) is 1.83. The summed E-state index contributed by atoms with van der Waals surface area (Å²) in [6, 6.07) is 0. The zero-order valence-electron chi connectivity index (χ0n) is 5.52. The molecule has 8 heavy (non-hydrogen) atoms. The molecule has 1 aliphatic rings. The van der Waals surface area contributed by atoms with E-state index in [2.05, 4.69) is 29.5 Å². The number of hydrogen-bond acceptors (Lipinski definition) is 3. The van der Waals surface area contributed by atoms with E-state index in [1.807, 2.05) is 0 Å². The summed E-state index contributed by atoms with van der Waals surface area (Å²) in [5.41, 5.74) is 3.17. The maximum Gasteiger partial charge on any atom is 0.0286 e. The maximum atomic E-state index is 3.17. The fourth-order valence-corrected chi connectivity index (χ4v) is 0.841. The van der Waals surface area contributed by atoms with Crippen LogP contribution in [-0.2, 0) is 0 Å². The van der Waals surface area contributed by atoms with Crippen molar-refractivity contribution in [3.05, 3.63) is 0 Å². The van der Waals surface area contributed by atoms with Gasteiger partial charge in [0.1, 0.15) is 0 Å². The highest BCUT2D eigenvalue weighted by Crippen LogP contribution is 1.91. The Morgan fingerprint density at radius 1 is 1.50 bits per heavy atom. The topological polar surface area (TPSA) is 18.5 Å². The molecule has 1 aliphatic heterocycles. The lowest BCUT2D eigenvalue weighted by molar-refractivity contribution is 0.150. The number of nitrogens with zero attached hydrogens (tertiary/aromatic N) is 2. The minimum atomic E-state index is 1.09. The van der Waals surface area contributed by atoms with E-state index in [9.17, 15) is 0 Å². The van der Waals surface area contributed by atoms with Crippen molar-refractivity contribution in [3.63, 3.8) is 0 Å². The van der Waals surface area contributed by atoms with Crippen LogP contribution in [0.2, 0.25) is 0 Å². The van der Waals surface area contributed by atoms with Crippen molar-refractivity contribution >= 4 is 0 Å². The largest absolute Gasteiger partial charge is 0.232 e. The van der Waals surface area contributed by atoms with Gasteiger partial charge in [-0.05, 0) is 0 Å². The first-order valence-corrected chi connectivity index (χ1v) is 3.05. The normalized spacial score (nSPS) is 24.8. The van der Waals surface area contributed by atoms with Gasteiger partial charge in [0.15, 0.2) is 0 Å². The van der Waals surface area contributed by atoms with Crippen LogP contribution >= 0.6 is 0 Å². The van der Waals surface area contributed by atoms with E-state index in [4.69, 9.17) is 0 Å². The van der Waals surface area contributed by atoms with Crippen molar-refractivity contribution < 1.29 is 0 Å². The average molecular weight is 115 g/mol. The highest BCUT2D eigenvalue weighted by Gasteiger charge is 2.11. The van der Waals surface area contributed by atoms with Crippen LogP contribution in [0.1, 0.15) is 6.92 Å². The summed E-state index contributed by atoms with van der Waals surface area (Å²) in [6.45, 7) is 5.51. The Bertz CT molecular complexity index is 74.1. The molecule has 0 aromatic heterocycles. The zero-order valence-corrected chi connectivity index (χ0v) is 5.52. The first-order valence-electron chi connectivity index (χ1n) is 3.05. The smallest absolute Gasteiger partial charge is 0.0286 e. The predicted molar refractivity (Wildman–Crippen MR) is 33.0 cm³/mol. The maximum absolute atomic E-state index is 3.17. The van der Waals surface area contributed by atoms with Gasteiger partial charge in [-0.25, -0.2) is 10.0 Å². The van der Waals surface area contributed by atoms with Crippen molar-refractivity contribution in [2.45, 2.75) is 6.92 Å². The minimum absolute atomic E-state index is 1.09. The van der Waals surface area contributed by atoms with Gasteiger partial charge >= 0.3 is 0 Å². The number of nitrogens with one attached hydrogen (secondary N) is 1. The van der Waals surface area contributed by atoms with E-state index in [0.717, 1.165) is 19.6 Å². The molecule has 48 valence electrons. The summed E-state index contributed by atoms with van der Waals surface area (Å²) in [4.78, 5) is 0. The molecule has 1 fully saturated rings. The second-order valence-electron chi connectivity index (χ2n) is 2.10. The van der Waals surface area contributed by atoms with E-state index in [1.165, 1.54) is 0 Å². The quantitative estimate of drug-likeness (QED) is 0.505. The van der Waals surface area contributed by atoms with E-state index in [1.54, 1.807) is 0 Å². The molecule has 0 spiro atoms. The molecule has 0 radical (unpaired) electrons. The summed E-state index contributed by atoms with van der Waals surface area (Å²) < 4.78 is 0. The lowest BCUT2D eigenvalue weighted by atomic mass is 10.6. The van der Waals surface area contributed by atoms with Crippen molar-refractivity contribution in [1.82, 2.24) is 15.6 Å². The highest BCUT2D eigenvalue weighted by atomic mass is 15.8. The van der Waals surface area contributed by atoms with E-state index in [0.29, 0.717) is 0 Å². The Labute approximate surface area is 50.2 Å². The third kappa shape index (κ3) is 1.18. The number of hydrazine groups is 2. The molecule has 0 aromatic rings. The monoisotopic (exact) mass is 115 g/mol. The lowest BCUT2D eigenvalue weighted by Gasteiger charge is -2.13. The molecule has 3 nitrogen and oxygen atoms in total. The van der Waals surface area contributed by atoms with Crippen LogP contribution in [0, 0.1) is 0 Å². The molecule has 0 saturated carbocycles. The van der Waals surface area contributed by atoms with Gasteiger partial charge in [-0.15, -0.1) is 0 Å². The molecule has 0 amide bonds. The van der Waals surface area contributed by atoms with E-state index >= 15 is 0 Å². The minimum Gasteiger partial charge on any atom is -0.232 e. The number of rotatable bonds is 1. The average Bonchev–Trinajstić information content (AvgIpc) is 2.14. The Balaban J connectivity index is 2.22. The summed E-state index contributed by atoms with van der Waals surface area (Å²) in [5, 5.41) is 4.27.